The van der Waals surface area contributed by atoms with Crippen LogP contribution in [0.5, 0.6) is 0 Å². The third kappa shape index (κ3) is 5.35. The Hall–Kier alpha value is -2.41. The van der Waals surface area contributed by atoms with Crippen LogP contribution in [0, 0.1) is 11.3 Å². The summed E-state index contributed by atoms with van der Waals surface area (Å²) in [6.45, 7) is 1.74. The minimum Gasteiger partial charge on any atom is -0.325 e. The molecule has 3 N–H and O–H groups in total. The molecule has 0 bridgehead atoms. The van der Waals surface area contributed by atoms with E-state index in [0.717, 1.165) is 43.4 Å². The van der Waals surface area contributed by atoms with Crippen LogP contribution >= 0.6 is 11.8 Å². The van der Waals surface area contributed by atoms with Crippen molar-refractivity contribution in [2.24, 2.45) is 5.14 Å². The number of hydrogen-bond acceptors (Lipinski definition) is 6. The van der Waals surface area contributed by atoms with Crippen molar-refractivity contribution in [2.45, 2.75) is 54.2 Å². The summed E-state index contributed by atoms with van der Waals surface area (Å²) in [5.41, 5.74) is 3.11. The number of sulfonamides is 1. The Labute approximate surface area is 174 Å². The van der Waals surface area contributed by atoms with Gasteiger partial charge in [-0.3, -0.25) is 4.79 Å². The number of fused-ring (bicyclic) bond motifs is 1. The number of amides is 1. The Balaban J connectivity index is 1.72. The maximum absolute atomic E-state index is 12.6. The van der Waals surface area contributed by atoms with Crippen molar-refractivity contribution in [3.63, 3.8) is 0 Å². The molecule has 1 atom stereocenters. The molecule has 29 heavy (non-hydrogen) atoms. The maximum atomic E-state index is 12.6. The van der Waals surface area contributed by atoms with Gasteiger partial charge in [0.15, 0.2) is 0 Å². The number of aromatic nitrogens is 1. The zero-order valence-corrected chi connectivity index (χ0v) is 17.6. The monoisotopic (exact) mass is 430 g/mol. The van der Waals surface area contributed by atoms with E-state index >= 15 is 0 Å². The van der Waals surface area contributed by atoms with Gasteiger partial charge in [-0.25, -0.2) is 18.5 Å². The average Bonchev–Trinajstić information content (AvgIpc) is 2.91. The van der Waals surface area contributed by atoms with E-state index < -0.39 is 15.3 Å². The van der Waals surface area contributed by atoms with Crippen LogP contribution in [0.1, 0.15) is 43.0 Å². The first-order valence-electron chi connectivity index (χ1n) is 9.31. The number of rotatable bonds is 5. The van der Waals surface area contributed by atoms with Gasteiger partial charge in [0, 0.05) is 11.4 Å². The molecule has 0 saturated carbocycles. The van der Waals surface area contributed by atoms with Crippen molar-refractivity contribution in [3.8, 4) is 6.07 Å². The van der Waals surface area contributed by atoms with Crippen LogP contribution in [-0.2, 0) is 27.7 Å². The maximum Gasteiger partial charge on any atom is 0.238 e. The fourth-order valence-corrected chi connectivity index (χ4v) is 4.56. The summed E-state index contributed by atoms with van der Waals surface area (Å²) >= 11 is 1.25. The number of pyridine rings is 1. The summed E-state index contributed by atoms with van der Waals surface area (Å²) in [6.07, 6.45) is 5.18. The Kier molecular flexibility index (Phi) is 6.57. The first-order valence-corrected chi connectivity index (χ1v) is 11.7. The molecule has 0 spiro atoms. The molecule has 1 unspecified atom stereocenters. The first-order chi connectivity index (χ1) is 13.8. The lowest BCUT2D eigenvalue weighted by Gasteiger charge is -2.14. The smallest absolute Gasteiger partial charge is 0.238 e. The number of thioether (sulfide) groups is 1. The molecule has 1 heterocycles. The minimum atomic E-state index is -3.78. The summed E-state index contributed by atoms with van der Waals surface area (Å²) in [4.78, 5) is 17.2. The van der Waals surface area contributed by atoms with Crippen LogP contribution in [0.4, 0.5) is 5.69 Å². The lowest BCUT2D eigenvalue weighted by atomic mass is 10.1. The Morgan fingerprint density at radius 1 is 1.24 bits per heavy atom. The number of nitrogens with two attached hydrogens (primary N) is 1. The van der Waals surface area contributed by atoms with E-state index in [-0.39, 0.29) is 10.8 Å². The number of carbonyl (C=O) groups is 1. The third-order valence-corrected chi connectivity index (χ3v) is 6.78. The van der Waals surface area contributed by atoms with Gasteiger partial charge in [0.05, 0.1) is 15.7 Å². The quantitative estimate of drug-likeness (QED) is 0.555. The van der Waals surface area contributed by atoms with Gasteiger partial charge in [-0.05, 0) is 68.5 Å². The van der Waals surface area contributed by atoms with Crippen LogP contribution in [-0.4, -0.2) is 24.6 Å². The van der Waals surface area contributed by atoms with Gasteiger partial charge in [0.25, 0.3) is 0 Å². The normalized spacial score (nSPS) is 14.9. The van der Waals surface area contributed by atoms with Crippen LogP contribution in [0.15, 0.2) is 40.3 Å². The number of anilines is 1. The first kappa shape index (κ1) is 21.3. The fraction of sp³-hybridized carbons (Fsp3) is 0.350. The van der Waals surface area contributed by atoms with E-state index in [1.807, 2.05) is 6.07 Å². The highest BCUT2D eigenvalue weighted by molar-refractivity contribution is 8.00. The predicted molar refractivity (Wildman–Crippen MR) is 112 cm³/mol. The predicted octanol–water partition coefficient (Wildman–Crippen LogP) is 2.99. The van der Waals surface area contributed by atoms with Gasteiger partial charge in [-0.2, -0.15) is 5.26 Å². The molecule has 1 aliphatic rings. The standard InChI is InChI=1S/C20H22N4O3S2/c1-13(19(25)23-16-7-9-17(10-8-16)29(22,26)27)28-20-15(12-21)11-14-5-3-2-4-6-18(14)24-20/h7-11,13H,2-6H2,1H3,(H,23,25)(H2,22,26,27). The van der Waals surface area contributed by atoms with Gasteiger partial charge in [0.2, 0.25) is 15.9 Å². The number of primary sulfonamides is 1. The molecule has 0 saturated heterocycles. The second-order valence-electron chi connectivity index (χ2n) is 6.94. The minimum absolute atomic E-state index is 0.0224. The molecule has 1 aromatic heterocycles. The largest absolute Gasteiger partial charge is 0.325 e. The van der Waals surface area contributed by atoms with Crippen LogP contribution in [0.3, 0.4) is 0 Å². The van der Waals surface area contributed by atoms with E-state index in [0.29, 0.717) is 16.3 Å². The lowest BCUT2D eigenvalue weighted by molar-refractivity contribution is -0.115. The van der Waals surface area contributed by atoms with Crippen molar-refractivity contribution in [1.82, 2.24) is 4.98 Å². The molecule has 1 amide bonds. The van der Waals surface area contributed by atoms with Crippen molar-refractivity contribution in [3.05, 3.63) is 47.2 Å². The van der Waals surface area contributed by atoms with Gasteiger partial charge in [-0.1, -0.05) is 18.2 Å². The van der Waals surface area contributed by atoms with Crippen molar-refractivity contribution >= 4 is 33.4 Å². The molecular formula is C20H22N4O3S2. The lowest BCUT2D eigenvalue weighted by Crippen LogP contribution is -2.23. The van der Waals surface area contributed by atoms with Gasteiger partial charge < -0.3 is 5.32 Å². The van der Waals surface area contributed by atoms with E-state index in [9.17, 15) is 18.5 Å². The second-order valence-corrected chi connectivity index (χ2v) is 9.83. The molecule has 3 rings (SSSR count). The number of nitriles is 1. The number of nitrogens with one attached hydrogen (secondary N) is 1. The number of hydrogen-bond donors (Lipinski definition) is 2. The topological polar surface area (TPSA) is 126 Å². The van der Waals surface area contributed by atoms with Crippen molar-refractivity contribution in [1.29, 1.82) is 5.26 Å². The SMILES string of the molecule is CC(Sc1nc2c(cc1C#N)CCCCC2)C(=O)Nc1ccc(S(N)(=O)=O)cc1. The molecule has 1 aliphatic carbocycles. The fourth-order valence-electron chi connectivity index (χ4n) is 3.15. The van der Waals surface area contributed by atoms with E-state index in [1.165, 1.54) is 36.0 Å². The number of benzene rings is 1. The Morgan fingerprint density at radius 3 is 2.59 bits per heavy atom. The average molecular weight is 431 g/mol. The third-order valence-electron chi connectivity index (χ3n) is 4.74. The molecule has 0 fully saturated rings. The van der Waals surface area contributed by atoms with Gasteiger partial charge >= 0.3 is 0 Å². The zero-order valence-electron chi connectivity index (χ0n) is 16.0. The van der Waals surface area contributed by atoms with Crippen LogP contribution in [0.25, 0.3) is 0 Å². The molecule has 7 nitrogen and oxygen atoms in total. The molecule has 0 radical (unpaired) electrons. The van der Waals surface area contributed by atoms with E-state index in [2.05, 4.69) is 11.4 Å². The van der Waals surface area contributed by atoms with Gasteiger partial charge in [-0.15, -0.1) is 0 Å². The number of nitrogens with zero attached hydrogens (tertiary/aromatic N) is 2. The molecular weight excluding hydrogens is 408 g/mol. The molecule has 152 valence electrons. The highest BCUT2D eigenvalue weighted by atomic mass is 32.2. The highest BCUT2D eigenvalue weighted by Crippen LogP contribution is 2.30. The summed E-state index contributed by atoms with van der Waals surface area (Å²) < 4.78 is 22.6. The summed E-state index contributed by atoms with van der Waals surface area (Å²) in [6, 6.07) is 9.75. The van der Waals surface area contributed by atoms with Crippen molar-refractivity contribution in [2.75, 3.05) is 5.32 Å². The Morgan fingerprint density at radius 2 is 1.93 bits per heavy atom. The van der Waals surface area contributed by atoms with Crippen LogP contribution < -0.4 is 10.5 Å². The zero-order chi connectivity index (χ0) is 21.0. The van der Waals surface area contributed by atoms with Crippen molar-refractivity contribution < 1.29 is 13.2 Å². The summed E-state index contributed by atoms with van der Waals surface area (Å²) in [5, 5.41) is 17.4. The molecule has 2 aromatic rings. The van der Waals surface area contributed by atoms with Gasteiger partial charge in [0.1, 0.15) is 11.1 Å². The second kappa shape index (κ2) is 8.95. The van der Waals surface area contributed by atoms with E-state index in [1.54, 1.807) is 6.92 Å². The van der Waals surface area contributed by atoms with Crippen LogP contribution in [0.2, 0.25) is 0 Å². The Bertz CT molecular complexity index is 1060. The summed E-state index contributed by atoms with van der Waals surface area (Å²) in [7, 11) is -3.78. The molecule has 9 heteroatoms. The highest BCUT2D eigenvalue weighted by Gasteiger charge is 2.20. The number of aryl methyl sites for hydroxylation is 2. The molecule has 1 aromatic carbocycles. The summed E-state index contributed by atoms with van der Waals surface area (Å²) in [5.74, 6) is -0.265. The number of carbonyl (C=O) groups excluding carboxylic acids is 1. The van der Waals surface area contributed by atoms with E-state index in [4.69, 9.17) is 10.1 Å². The molecule has 0 aliphatic heterocycles.